The van der Waals surface area contributed by atoms with E-state index >= 15 is 0 Å². The van der Waals surface area contributed by atoms with Crippen LogP contribution in [-0.4, -0.2) is 46.6 Å². The van der Waals surface area contributed by atoms with Gasteiger partial charge in [0.25, 0.3) is 5.91 Å². The van der Waals surface area contributed by atoms with Crippen molar-refractivity contribution in [1.29, 1.82) is 0 Å². The molecule has 1 aromatic heterocycles. The van der Waals surface area contributed by atoms with Gasteiger partial charge in [-0.3, -0.25) is 4.79 Å². The van der Waals surface area contributed by atoms with Gasteiger partial charge in [-0.2, -0.15) is 0 Å². The predicted octanol–water partition coefficient (Wildman–Crippen LogP) is 2.73. The molecular formula is C24H28ClN5O4. The summed E-state index contributed by atoms with van der Waals surface area (Å²) in [6.45, 7) is 3.75. The Balaban J connectivity index is 0.00000408. The number of ether oxygens (including phenoxy) is 1. The zero-order valence-electron chi connectivity index (χ0n) is 19.2. The maximum absolute atomic E-state index is 12.7. The summed E-state index contributed by atoms with van der Waals surface area (Å²) in [7, 11) is 1.23. The minimum atomic E-state index is -0.951. The number of nitrogens with one attached hydrogen (secondary N) is 2. The molecule has 0 bridgehead atoms. The lowest BCUT2D eigenvalue weighted by molar-refractivity contribution is -0.142. The van der Waals surface area contributed by atoms with E-state index in [0.29, 0.717) is 23.9 Å². The van der Waals surface area contributed by atoms with Gasteiger partial charge in [-0.25, -0.2) is 14.8 Å². The number of carbonyl (C=O) groups excluding carboxylic acids is 2. The molecule has 1 amide bonds. The van der Waals surface area contributed by atoms with Crippen LogP contribution in [0.2, 0.25) is 0 Å². The lowest BCUT2D eigenvalue weighted by atomic mass is 9.99. The van der Waals surface area contributed by atoms with E-state index in [4.69, 9.17) is 5.73 Å². The quantitative estimate of drug-likeness (QED) is 0.357. The Morgan fingerprint density at radius 2 is 1.76 bits per heavy atom. The van der Waals surface area contributed by atoms with Crippen LogP contribution in [-0.2, 0) is 16.1 Å². The first kappa shape index (κ1) is 26.6. The van der Waals surface area contributed by atoms with Gasteiger partial charge in [-0.05, 0) is 42.7 Å². The van der Waals surface area contributed by atoms with Crippen LogP contribution in [0.15, 0.2) is 48.5 Å². The van der Waals surface area contributed by atoms with E-state index in [0.717, 1.165) is 16.7 Å². The number of rotatable bonds is 8. The van der Waals surface area contributed by atoms with E-state index in [-0.39, 0.29) is 30.3 Å². The largest absolute Gasteiger partial charge is 0.508 e. The molecule has 5 N–H and O–H groups in total. The highest BCUT2D eigenvalue weighted by Gasteiger charge is 2.23. The third-order valence-corrected chi connectivity index (χ3v) is 5.14. The minimum absolute atomic E-state index is 0. The number of aromatic nitrogens is 2. The van der Waals surface area contributed by atoms with Crippen LogP contribution >= 0.6 is 12.4 Å². The average Bonchev–Trinajstić information content (AvgIpc) is 2.80. The summed E-state index contributed by atoms with van der Waals surface area (Å²) in [5.41, 5.74) is 9.63. The standard InChI is InChI=1S/C24H27N5O4.ClH/c1-14-21(22(31)29-20(12-25)23(32)33-3)15(2)28-24(27-14)26-13-17-7-4-5-10-19(17)16-8-6-9-18(30)11-16;/h4-11,20,30H,12-13,25H2,1-3H3,(H,29,31)(H,26,27,28);1H/t20-;/m0./s1. The molecule has 0 radical (unpaired) electrons. The zero-order valence-corrected chi connectivity index (χ0v) is 20.0. The third-order valence-electron chi connectivity index (χ3n) is 5.14. The van der Waals surface area contributed by atoms with Crippen molar-refractivity contribution >= 4 is 30.2 Å². The first-order valence-corrected chi connectivity index (χ1v) is 10.4. The highest BCUT2D eigenvalue weighted by Crippen LogP contribution is 2.27. The second-order valence-electron chi connectivity index (χ2n) is 7.44. The zero-order chi connectivity index (χ0) is 24.0. The number of aromatic hydroxyl groups is 1. The number of methoxy groups -OCH3 is 1. The summed E-state index contributed by atoms with van der Waals surface area (Å²) in [5, 5.41) is 15.6. The van der Waals surface area contributed by atoms with Crippen LogP contribution in [0.3, 0.4) is 0 Å². The third kappa shape index (κ3) is 6.21. The maximum Gasteiger partial charge on any atom is 0.329 e. The Morgan fingerprint density at radius 1 is 1.09 bits per heavy atom. The predicted molar refractivity (Wildman–Crippen MR) is 132 cm³/mol. The molecule has 3 aromatic rings. The molecule has 3 rings (SSSR count). The molecule has 10 heteroatoms. The first-order valence-electron chi connectivity index (χ1n) is 10.4. The maximum atomic E-state index is 12.7. The lowest BCUT2D eigenvalue weighted by Crippen LogP contribution is -2.46. The number of nitrogens with zero attached hydrogens (tertiary/aromatic N) is 2. The summed E-state index contributed by atoms with van der Waals surface area (Å²) in [6, 6.07) is 13.9. The number of esters is 1. The SMILES string of the molecule is COC(=O)[C@H](CN)NC(=O)c1c(C)nc(NCc2ccccc2-c2cccc(O)c2)nc1C.Cl. The van der Waals surface area contributed by atoms with Gasteiger partial charge in [0, 0.05) is 13.1 Å². The molecule has 0 fully saturated rings. The van der Waals surface area contributed by atoms with E-state index in [2.05, 4.69) is 25.3 Å². The highest BCUT2D eigenvalue weighted by molar-refractivity contribution is 5.98. The number of nitrogens with two attached hydrogens (primary N) is 1. The van der Waals surface area contributed by atoms with E-state index in [9.17, 15) is 14.7 Å². The molecule has 1 heterocycles. The van der Waals surface area contributed by atoms with E-state index < -0.39 is 17.9 Å². The van der Waals surface area contributed by atoms with Crippen molar-refractivity contribution in [2.24, 2.45) is 5.73 Å². The molecule has 2 aromatic carbocycles. The van der Waals surface area contributed by atoms with Gasteiger partial charge in [0.05, 0.1) is 24.1 Å². The van der Waals surface area contributed by atoms with Crippen LogP contribution < -0.4 is 16.4 Å². The smallest absolute Gasteiger partial charge is 0.329 e. The van der Waals surface area contributed by atoms with Crippen molar-refractivity contribution in [3.63, 3.8) is 0 Å². The Labute approximate surface area is 204 Å². The Bertz CT molecular complexity index is 1150. The summed E-state index contributed by atoms with van der Waals surface area (Å²) in [6.07, 6.45) is 0. The normalized spacial score (nSPS) is 11.2. The van der Waals surface area contributed by atoms with Crippen LogP contribution in [0.1, 0.15) is 27.3 Å². The first-order chi connectivity index (χ1) is 15.8. The van der Waals surface area contributed by atoms with E-state index in [1.54, 1.807) is 32.0 Å². The number of halogens is 1. The summed E-state index contributed by atoms with van der Waals surface area (Å²) in [5.74, 6) is -0.546. The molecule has 34 heavy (non-hydrogen) atoms. The van der Waals surface area contributed by atoms with Gasteiger partial charge >= 0.3 is 5.97 Å². The second-order valence-corrected chi connectivity index (χ2v) is 7.44. The van der Waals surface area contributed by atoms with Gasteiger partial charge < -0.3 is 26.2 Å². The number of amides is 1. The summed E-state index contributed by atoms with van der Waals surface area (Å²) in [4.78, 5) is 33.3. The van der Waals surface area contributed by atoms with Gasteiger partial charge in [0.15, 0.2) is 0 Å². The number of carbonyl (C=O) groups is 2. The van der Waals surface area contributed by atoms with Gasteiger partial charge in [-0.1, -0.05) is 36.4 Å². The number of phenolic OH excluding ortho intramolecular Hbond substituents is 1. The number of anilines is 1. The molecule has 0 unspecified atom stereocenters. The second kappa shape index (κ2) is 12.0. The van der Waals surface area contributed by atoms with Crippen molar-refractivity contribution in [2.75, 3.05) is 19.0 Å². The molecule has 0 saturated carbocycles. The number of phenols is 1. The molecule has 0 saturated heterocycles. The molecule has 1 atom stereocenters. The number of benzene rings is 2. The van der Waals surface area contributed by atoms with E-state index in [1.807, 2.05) is 30.3 Å². The molecule has 0 aliphatic carbocycles. The van der Waals surface area contributed by atoms with Gasteiger partial charge in [-0.15, -0.1) is 12.4 Å². The van der Waals surface area contributed by atoms with Crippen LogP contribution in [0.4, 0.5) is 5.95 Å². The summed E-state index contributed by atoms with van der Waals surface area (Å²) < 4.78 is 4.65. The monoisotopic (exact) mass is 485 g/mol. The number of hydrogen-bond acceptors (Lipinski definition) is 8. The topological polar surface area (TPSA) is 139 Å². The summed E-state index contributed by atoms with van der Waals surface area (Å²) >= 11 is 0. The molecule has 0 aliphatic heterocycles. The highest BCUT2D eigenvalue weighted by atomic mass is 35.5. The minimum Gasteiger partial charge on any atom is -0.508 e. The Hall–Kier alpha value is -3.69. The molecule has 180 valence electrons. The fourth-order valence-electron chi connectivity index (χ4n) is 3.51. The van der Waals surface area contributed by atoms with Crippen molar-refractivity contribution in [3.05, 3.63) is 71.0 Å². The molecule has 0 spiro atoms. The Kier molecular flexibility index (Phi) is 9.35. The van der Waals surface area contributed by atoms with Crippen LogP contribution in [0.5, 0.6) is 5.75 Å². The number of hydrogen-bond donors (Lipinski definition) is 4. The van der Waals surface area contributed by atoms with Gasteiger partial charge in [0.1, 0.15) is 11.8 Å². The molecule has 0 aliphatic rings. The fraction of sp³-hybridized carbons (Fsp3) is 0.250. The van der Waals surface area contributed by atoms with Crippen molar-refractivity contribution in [1.82, 2.24) is 15.3 Å². The van der Waals surface area contributed by atoms with Crippen LogP contribution in [0.25, 0.3) is 11.1 Å². The fourth-order valence-corrected chi connectivity index (χ4v) is 3.51. The van der Waals surface area contributed by atoms with Gasteiger partial charge in [0.2, 0.25) is 5.95 Å². The van der Waals surface area contributed by atoms with Crippen molar-refractivity contribution in [2.45, 2.75) is 26.4 Å². The average molecular weight is 486 g/mol. The number of aryl methyl sites for hydroxylation is 2. The van der Waals surface area contributed by atoms with Crippen molar-refractivity contribution < 1.29 is 19.4 Å². The van der Waals surface area contributed by atoms with Crippen molar-refractivity contribution in [3.8, 4) is 16.9 Å². The Morgan fingerprint density at radius 3 is 2.38 bits per heavy atom. The molecular weight excluding hydrogens is 458 g/mol. The van der Waals surface area contributed by atoms with Crippen LogP contribution in [0, 0.1) is 13.8 Å². The van der Waals surface area contributed by atoms with E-state index in [1.165, 1.54) is 7.11 Å². The lowest BCUT2D eigenvalue weighted by Gasteiger charge is -2.17. The molecule has 9 nitrogen and oxygen atoms in total.